The third kappa shape index (κ3) is 35.7. The highest BCUT2D eigenvalue weighted by Gasteiger charge is 2.19. The summed E-state index contributed by atoms with van der Waals surface area (Å²) in [6.07, 6.45) is 25.4. The van der Waals surface area contributed by atoms with Crippen LogP contribution in [0, 0.1) is 5.82 Å². The Morgan fingerprint density at radius 3 is 1.14 bits per heavy atom. The van der Waals surface area contributed by atoms with Gasteiger partial charge in [0.15, 0.2) is 25.2 Å². The number of sulfone groups is 1. The van der Waals surface area contributed by atoms with Gasteiger partial charge in [0.1, 0.15) is 17.3 Å². The van der Waals surface area contributed by atoms with Gasteiger partial charge < -0.3 is 51.6 Å². The van der Waals surface area contributed by atoms with Crippen LogP contribution in [0.1, 0.15) is 46.2 Å². The van der Waals surface area contributed by atoms with Gasteiger partial charge in [-0.05, 0) is 215 Å². The lowest BCUT2D eigenvalue weighted by molar-refractivity contribution is -0.116. The van der Waals surface area contributed by atoms with Crippen molar-refractivity contribution in [3.63, 3.8) is 0 Å². The molecule has 27 nitrogen and oxygen atoms in total. The summed E-state index contributed by atoms with van der Waals surface area (Å²) in [5, 5.41) is 34.4. The number of hydrogen-bond donors (Lipinski definition) is 7. The number of amides is 6. The van der Waals surface area contributed by atoms with E-state index in [-0.39, 0.29) is 65.4 Å². The van der Waals surface area contributed by atoms with E-state index in [1.54, 1.807) is 152 Å². The number of thiazole rings is 3. The summed E-state index contributed by atoms with van der Waals surface area (Å²) in [4.78, 5) is 116. The van der Waals surface area contributed by atoms with Gasteiger partial charge in [-0.2, -0.15) is 0 Å². The number of anilines is 6. The monoisotopic (exact) mass is 2080 g/mol. The zero-order valence-electron chi connectivity index (χ0n) is 78.6. The van der Waals surface area contributed by atoms with E-state index in [4.69, 9.17) is 21.1 Å². The van der Waals surface area contributed by atoms with E-state index in [1.807, 2.05) is 214 Å². The molecule has 1 aliphatic rings. The van der Waals surface area contributed by atoms with Gasteiger partial charge in [0.2, 0.25) is 35.4 Å². The second-order valence-electron chi connectivity index (χ2n) is 32.2. The number of nitrogens with one attached hydrogen (secondary N) is 7. The number of carbonyl (C=O) groups excluding carboxylic acids is 6. The van der Waals surface area contributed by atoms with Crippen LogP contribution in [0.2, 0.25) is 5.02 Å². The molecular weight excluding hydrogens is 1990 g/mol. The number of methoxy groups -OCH3 is 1. The quantitative estimate of drug-likeness (QED) is 0.0193. The summed E-state index contributed by atoms with van der Waals surface area (Å²) in [5.74, 6) is 0.697. The Hall–Kier alpha value is -15.3. The van der Waals surface area contributed by atoms with Crippen LogP contribution in [0.15, 0.2) is 354 Å². The van der Waals surface area contributed by atoms with Crippen molar-refractivity contribution >= 4 is 157 Å². The SMILES string of the molecule is COc1ccc(CC(=O)Nc2csc(-c3ccncc3)c2)cc1.CS(=O)(=O)c1ccc(CC(=O)Nc2nc(-c3ccncc3)cs2)cc1.O=C(CCc1ccccc1)Nc1csc(-c2ccncc2)c1.O=C(Cc1ccc(Cl)cc1)Nc1csc(-c2ccncc2)c1.O=C(Cc1cccc(F)c1)Nc1nc(-c2ccncc2)cs1.O=C(Cc1cccc(OCCCN2CCNCC2)c1)Nc1nc(-c2ccncc2)cs1. The molecule has 0 saturated carbocycles. The summed E-state index contributed by atoms with van der Waals surface area (Å²) in [5.41, 5.74) is 16.4. The Labute approximate surface area is 867 Å². The molecule has 0 bridgehead atoms. The summed E-state index contributed by atoms with van der Waals surface area (Å²) in [7, 11) is -1.61. The van der Waals surface area contributed by atoms with Gasteiger partial charge in [-0.3, -0.25) is 58.7 Å². The van der Waals surface area contributed by atoms with Gasteiger partial charge in [0.25, 0.3) is 0 Å². The first-order valence-corrected chi connectivity index (χ1v) is 53.1. The molecule has 13 heterocycles. The van der Waals surface area contributed by atoms with Crippen LogP contribution in [-0.2, 0) is 77.1 Å². The van der Waals surface area contributed by atoms with Gasteiger partial charge >= 0.3 is 0 Å². The number of benzene rings is 6. The third-order valence-corrected chi connectivity index (χ3v) is 27.9. The van der Waals surface area contributed by atoms with E-state index in [2.05, 4.69) is 87.0 Å². The van der Waals surface area contributed by atoms with Gasteiger partial charge in [-0.25, -0.2) is 27.8 Å². The number of thiophene rings is 3. The second kappa shape index (κ2) is 55.4. The van der Waals surface area contributed by atoms with Gasteiger partial charge in [-0.15, -0.1) is 68.0 Å². The van der Waals surface area contributed by atoms with Crippen LogP contribution < -0.4 is 46.7 Å². The molecule has 1 fully saturated rings. The lowest BCUT2D eigenvalue weighted by atomic mass is 10.1. The number of ether oxygens (including phenoxy) is 2. The molecule has 736 valence electrons. The molecule has 0 atom stereocenters. The number of nitrogens with zero attached hydrogens (tertiary/aromatic N) is 10. The second-order valence-corrected chi connectivity index (χ2v) is 40.0. The topological polar surface area (TPSA) is 358 Å². The van der Waals surface area contributed by atoms with Crippen LogP contribution >= 0.6 is 79.6 Å². The molecule has 7 N–H and O–H groups in total. The van der Waals surface area contributed by atoms with E-state index in [9.17, 15) is 41.6 Å². The molecule has 0 unspecified atom stereocenters. The summed E-state index contributed by atoms with van der Waals surface area (Å²) in [6.45, 7) is 6.07. The van der Waals surface area contributed by atoms with E-state index in [1.165, 1.54) is 63.8 Å². The van der Waals surface area contributed by atoms with Crippen molar-refractivity contribution in [2.75, 3.05) is 84.6 Å². The first-order chi connectivity index (χ1) is 70.6. The molecule has 12 aromatic heterocycles. The summed E-state index contributed by atoms with van der Waals surface area (Å²) >= 11 is 14.8. The summed E-state index contributed by atoms with van der Waals surface area (Å²) < 4.78 is 47.0. The Morgan fingerprint density at radius 1 is 0.379 bits per heavy atom. The minimum atomic E-state index is -3.23. The normalized spacial score (nSPS) is 11.4. The number of aromatic nitrogens is 9. The van der Waals surface area contributed by atoms with Crippen molar-refractivity contribution in [2.24, 2.45) is 0 Å². The zero-order valence-corrected chi connectivity index (χ0v) is 85.0. The first kappa shape index (κ1) is 106. The van der Waals surface area contributed by atoms with E-state index >= 15 is 0 Å². The average Bonchev–Trinajstić information content (AvgIpc) is 1.84. The molecule has 36 heteroatoms. The van der Waals surface area contributed by atoms with Crippen LogP contribution in [-0.4, -0.2) is 146 Å². The number of carbonyl (C=O) groups is 6. The molecule has 6 amide bonds. The number of aryl methyl sites for hydroxylation is 1. The maximum absolute atomic E-state index is 13.1. The molecule has 0 spiro atoms. The Bertz CT molecular complexity index is 7270. The molecule has 1 saturated heterocycles. The van der Waals surface area contributed by atoms with E-state index in [0.717, 1.165) is 168 Å². The lowest BCUT2D eigenvalue weighted by Gasteiger charge is -2.26. The molecule has 18 aromatic rings. The van der Waals surface area contributed by atoms with Gasteiger partial charge in [-0.1, -0.05) is 103 Å². The lowest BCUT2D eigenvalue weighted by Crippen LogP contribution is -2.43. The summed E-state index contributed by atoms with van der Waals surface area (Å²) in [6, 6.07) is 73.8. The van der Waals surface area contributed by atoms with E-state index < -0.39 is 9.84 Å². The fraction of sp³-hybridized carbons (Fsp3) is 0.147. The highest BCUT2D eigenvalue weighted by atomic mass is 35.5. The maximum atomic E-state index is 13.1. The van der Waals surface area contributed by atoms with E-state index in [0.29, 0.717) is 51.9 Å². The Kier molecular flexibility index (Phi) is 40.3. The maximum Gasteiger partial charge on any atom is 0.230 e. The van der Waals surface area contributed by atoms with Crippen LogP contribution in [0.3, 0.4) is 0 Å². The standard InChI is InChI=1S/C23H27N5O2S.C18H16N2O2S.C18H16N2OS.C17H13ClN2OS.C17H15N3O3S2.C16H12FN3OS/c29-22(27-23-26-21(17-31-23)19-5-7-24-8-6-19)16-18-3-1-4-20(15-18)30-14-2-11-28-12-9-25-10-13-28;1-22-16-4-2-13(3-5-16)10-18(21)20-15-11-17(23-12-15)14-6-8-19-9-7-14;21-18(7-6-14-4-2-1-3-5-14)20-16-12-17(22-13-16)15-8-10-19-11-9-15;18-14-3-1-12(2-4-14)9-17(21)20-15-10-16(22-11-15)13-5-7-19-8-6-13;1-25(22,23)14-4-2-12(3-5-14)10-16(21)20-17-19-15(11-24-17)13-6-8-18-9-7-13;17-13-3-1-2-11(8-13)9-15(21)20-16-19-14(10-22-16)12-4-6-18-7-5-12/h1,3-8,15,17,25H,2,9-14,16H2,(H,26,27,29);2-9,11-12H,10H2,1H3,(H,20,21);1-5,8-13H,6-7H2,(H,20,21);1-8,10-11H,9H2,(H,20,21);2-9,11H,10H2,1H3,(H,19,20,21);1-8,10H,9H2,(H,19,20,21). The van der Waals surface area contributed by atoms with Crippen LogP contribution in [0.5, 0.6) is 11.5 Å². The molecule has 19 rings (SSSR count). The molecule has 6 aromatic carbocycles. The third-order valence-electron chi connectivity index (χ3n) is 21.3. The predicted molar refractivity (Wildman–Crippen MR) is 580 cm³/mol. The molecule has 1 aliphatic heterocycles. The molecule has 145 heavy (non-hydrogen) atoms. The number of rotatable bonds is 32. The fourth-order valence-corrected chi connectivity index (χ4v) is 19.6. The highest BCUT2D eigenvalue weighted by molar-refractivity contribution is 7.90. The molecular formula is C109H99ClFN17O10S7. The van der Waals surface area contributed by atoms with Crippen LogP contribution in [0.25, 0.3) is 65.1 Å². The number of piperazine rings is 1. The van der Waals surface area contributed by atoms with Crippen molar-refractivity contribution in [1.29, 1.82) is 0 Å². The van der Waals surface area contributed by atoms with Crippen LogP contribution in [0.4, 0.5) is 36.8 Å². The Balaban J connectivity index is 0.000000138. The first-order valence-electron chi connectivity index (χ1n) is 45.6. The van der Waals surface area contributed by atoms with Crippen molar-refractivity contribution < 1.29 is 51.0 Å². The smallest absolute Gasteiger partial charge is 0.230 e. The minimum absolute atomic E-state index is 0.0331. The van der Waals surface area contributed by atoms with Gasteiger partial charge in [0.05, 0.1) is 84.9 Å². The number of halogens is 2. The minimum Gasteiger partial charge on any atom is -0.497 e. The highest BCUT2D eigenvalue weighted by Crippen LogP contribution is 2.35. The van der Waals surface area contributed by atoms with Crippen molar-refractivity contribution in [3.8, 4) is 76.6 Å². The van der Waals surface area contributed by atoms with Crippen molar-refractivity contribution in [3.05, 3.63) is 394 Å². The predicted octanol–water partition coefficient (Wildman–Crippen LogP) is 22.4. The van der Waals surface area contributed by atoms with Crippen molar-refractivity contribution in [1.82, 2.24) is 55.1 Å². The number of hydrogen-bond acceptors (Lipinski definition) is 27. The fourth-order valence-electron chi connectivity index (χ4n) is 14.1. The Morgan fingerprint density at radius 2 is 0.738 bits per heavy atom. The number of pyridine rings is 6. The largest absolute Gasteiger partial charge is 0.497 e. The van der Waals surface area contributed by atoms with Gasteiger partial charge in [0, 0.05) is 188 Å². The molecule has 0 aliphatic carbocycles. The van der Waals surface area contributed by atoms with Crippen molar-refractivity contribution in [2.45, 2.75) is 56.3 Å². The zero-order chi connectivity index (χ0) is 101. The molecule has 0 radical (unpaired) electrons. The average molecular weight is 2090 g/mol.